The van der Waals surface area contributed by atoms with E-state index in [1.54, 1.807) is 25.7 Å². The van der Waals surface area contributed by atoms with Crippen LogP contribution in [0.3, 0.4) is 0 Å². The lowest BCUT2D eigenvalue weighted by atomic mass is 9.57. The van der Waals surface area contributed by atoms with Crippen LogP contribution in [0.4, 0.5) is 18.0 Å². The predicted molar refractivity (Wildman–Crippen MR) is 79.6 cm³/mol. The molecule has 1 saturated carbocycles. The minimum atomic E-state index is -4.79. The SMILES string of the molecule is CC(C)(C)OC(=O)N1CC2(CC(c3nc(C(O)C(F)(F)F)n[nH]3)C2)C1. The van der Waals surface area contributed by atoms with Gasteiger partial charge < -0.3 is 14.7 Å². The van der Waals surface area contributed by atoms with E-state index in [1.807, 2.05) is 0 Å². The maximum absolute atomic E-state index is 12.5. The zero-order valence-electron chi connectivity index (χ0n) is 14.2. The zero-order chi connectivity index (χ0) is 18.6. The van der Waals surface area contributed by atoms with Crippen LogP contribution in [0.5, 0.6) is 0 Å². The molecule has 1 spiro atoms. The molecule has 1 aliphatic carbocycles. The lowest BCUT2D eigenvalue weighted by Gasteiger charge is -2.58. The van der Waals surface area contributed by atoms with Gasteiger partial charge >= 0.3 is 12.3 Å². The van der Waals surface area contributed by atoms with Crippen LogP contribution in [0.2, 0.25) is 0 Å². The lowest BCUT2D eigenvalue weighted by Crippen LogP contribution is -2.63. The van der Waals surface area contributed by atoms with Crippen LogP contribution in [-0.2, 0) is 4.74 Å². The molecule has 0 bridgehead atoms. The molecule has 2 fully saturated rings. The van der Waals surface area contributed by atoms with Crippen LogP contribution in [0.25, 0.3) is 0 Å². The van der Waals surface area contributed by atoms with Crippen LogP contribution in [0.1, 0.15) is 57.3 Å². The fourth-order valence-corrected chi connectivity index (χ4v) is 3.40. The van der Waals surface area contributed by atoms with Crippen molar-refractivity contribution in [2.75, 3.05) is 13.1 Å². The largest absolute Gasteiger partial charge is 0.444 e. The molecule has 1 aromatic heterocycles. The molecule has 2 heterocycles. The van der Waals surface area contributed by atoms with E-state index < -0.39 is 23.7 Å². The minimum Gasteiger partial charge on any atom is -0.444 e. The van der Waals surface area contributed by atoms with Gasteiger partial charge in [0, 0.05) is 24.4 Å². The first kappa shape index (κ1) is 18.0. The number of amides is 1. The number of aliphatic hydroxyl groups excluding tert-OH is 1. The summed E-state index contributed by atoms with van der Waals surface area (Å²) in [6.45, 7) is 6.55. The molecule has 10 heteroatoms. The standard InChI is InChI=1S/C15H21F3N4O3/c1-13(2,3)25-12(24)22-6-14(7-22)4-8(5-14)10-19-11(21-20-10)9(23)15(16,17)18/h8-9,23H,4-7H2,1-3H3,(H,19,20,21). The highest BCUT2D eigenvalue weighted by Gasteiger charge is 2.55. The number of hydrogen-bond acceptors (Lipinski definition) is 5. The van der Waals surface area contributed by atoms with Gasteiger partial charge in [-0.3, -0.25) is 5.10 Å². The molecular weight excluding hydrogens is 341 g/mol. The number of likely N-dealkylation sites (tertiary alicyclic amines) is 1. The van der Waals surface area contributed by atoms with E-state index >= 15 is 0 Å². The van der Waals surface area contributed by atoms with Gasteiger partial charge in [-0.2, -0.15) is 18.3 Å². The molecule has 140 valence electrons. The summed E-state index contributed by atoms with van der Waals surface area (Å²) in [6.07, 6.45) is -6.40. The number of carbonyl (C=O) groups is 1. The number of aromatic nitrogens is 3. The van der Waals surface area contributed by atoms with Gasteiger partial charge in [-0.1, -0.05) is 0 Å². The van der Waals surface area contributed by atoms with Gasteiger partial charge in [-0.05, 0) is 33.6 Å². The average Bonchev–Trinajstić information content (AvgIpc) is 2.80. The second kappa shape index (κ2) is 5.58. The summed E-state index contributed by atoms with van der Waals surface area (Å²) in [5.41, 5.74) is -0.561. The quantitative estimate of drug-likeness (QED) is 0.844. The van der Waals surface area contributed by atoms with E-state index in [9.17, 15) is 18.0 Å². The number of ether oxygens (including phenoxy) is 1. The molecule has 25 heavy (non-hydrogen) atoms. The van der Waals surface area contributed by atoms with Crippen molar-refractivity contribution < 1.29 is 27.8 Å². The summed E-state index contributed by atoms with van der Waals surface area (Å²) in [5.74, 6) is -0.352. The summed E-state index contributed by atoms with van der Waals surface area (Å²) in [6, 6.07) is 0. The Labute approximate surface area is 142 Å². The number of carbonyl (C=O) groups excluding carboxylic acids is 1. The van der Waals surface area contributed by atoms with Crippen molar-refractivity contribution in [3.05, 3.63) is 11.6 Å². The molecule has 1 atom stereocenters. The van der Waals surface area contributed by atoms with Gasteiger partial charge in [0.2, 0.25) is 6.10 Å². The van der Waals surface area contributed by atoms with Gasteiger partial charge in [0.05, 0.1) is 0 Å². The third-order valence-electron chi connectivity index (χ3n) is 4.52. The van der Waals surface area contributed by atoms with Crippen molar-refractivity contribution in [2.24, 2.45) is 5.41 Å². The van der Waals surface area contributed by atoms with E-state index in [0.717, 1.165) is 0 Å². The monoisotopic (exact) mass is 362 g/mol. The smallest absolute Gasteiger partial charge is 0.421 e. The first-order valence-electron chi connectivity index (χ1n) is 8.03. The Morgan fingerprint density at radius 2 is 1.96 bits per heavy atom. The molecule has 7 nitrogen and oxygen atoms in total. The van der Waals surface area contributed by atoms with Crippen molar-refractivity contribution in [1.82, 2.24) is 20.1 Å². The topological polar surface area (TPSA) is 91.3 Å². The maximum Gasteiger partial charge on any atom is 0.421 e. The lowest BCUT2D eigenvalue weighted by molar-refractivity contribution is -0.209. The van der Waals surface area contributed by atoms with Crippen molar-refractivity contribution in [3.63, 3.8) is 0 Å². The van der Waals surface area contributed by atoms with E-state index in [4.69, 9.17) is 9.84 Å². The molecule has 1 saturated heterocycles. The number of nitrogens with one attached hydrogen (secondary N) is 1. The number of aliphatic hydroxyl groups is 1. The van der Waals surface area contributed by atoms with Gasteiger partial charge in [0.25, 0.3) is 0 Å². The first-order valence-corrected chi connectivity index (χ1v) is 8.03. The summed E-state index contributed by atoms with van der Waals surface area (Å²) < 4.78 is 42.7. The third-order valence-corrected chi connectivity index (χ3v) is 4.52. The van der Waals surface area contributed by atoms with Crippen LogP contribution in [0, 0.1) is 5.41 Å². The molecule has 1 amide bonds. The highest BCUT2D eigenvalue weighted by atomic mass is 19.4. The molecule has 2 N–H and O–H groups in total. The molecule has 0 aromatic carbocycles. The number of H-pyrrole nitrogens is 1. The Bertz CT molecular complexity index is 654. The summed E-state index contributed by atoms with van der Waals surface area (Å²) >= 11 is 0. The molecular formula is C15H21F3N4O3. The predicted octanol–water partition coefficient (Wildman–Crippen LogP) is 2.51. The fraction of sp³-hybridized carbons (Fsp3) is 0.800. The normalized spacial score (nSPS) is 21.6. The minimum absolute atomic E-state index is 0.0167. The number of hydrogen-bond donors (Lipinski definition) is 2. The Morgan fingerprint density at radius 3 is 2.48 bits per heavy atom. The van der Waals surface area contributed by atoms with Gasteiger partial charge in [-0.15, -0.1) is 0 Å². The number of aromatic amines is 1. The maximum atomic E-state index is 12.5. The van der Waals surface area contributed by atoms with Crippen molar-refractivity contribution in [1.29, 1.82) is 0 Å². The molecule has 1 aliphatic heterocycles. The first-order chi connectivity index (χ1) is 11.4. The Balaban J connectivity index is 1.51. The van der Waals surface area contributed by atoms with Crippen LogP contribution in [-0.4, -0.2) is 56.1 Å². The van der Waals surface area contributed by atoms with Gasteiger partial charge in [0.1, 0.15) is 11.4 Å². The molecule has 0 radical (unpaired) electrons. The number of rotatable bonds is 2. The third kappa shape index (κ3) is 3.58. The van der Waals surface area contributed by atoms with Crippen LogP contribution < -0.4 is 0 Å². The Kier molecular flexibility index (Phi) is 4.01. The summed E-state index contributed by atoms with van der Waals surface area (Å²) in [5, 5.41) is 15.1. The summed E-state index contributed by atoms with van der Waals surface area (Å²) in [7, 11) is 0. The van der Waals surface area contributed by atoms with Crippen molar-refractivity contribution in [2.45, 2.75) is 57.4 Å². The number of halogens is 3. The van der Waals surface area contributed by atoms with E-state index in [2.05, 4.69) is 15.2 Å². The zero-order valence-corrected chi connectivity index (χ0v) is 14.2. The molecule has 2 aliphatic rings. The van der Waals surface area contributed by atoms with Gasteiger partial charge in [-0.25, -0.2) is 9.78 Å². The molecule has 1 aromatic rings. The highest BCUT2D eigenvalue weighted by molar-refractivity contribution is 5.69. The second-order valence-corrected chi connectivity index (χ2v) is 7.96. The van der Waals surface area contributed by atoms with Gasteiger partial charge in [0.15, 0.2) is 5.82 Å². The van der Waals surface area contributed by atoms with Crippen LogP contribution in [0.15, 0.2) is 0 Å². The Hall–Kier alpha value is -1.84. The van der Waals surface area contributed by atoms with Crippen molar-refractivity contribution in [3.8, 4) is 0 Å². The van der Waals surface area contributed by atoms with E-state index in [0.29, 0.717) is 31.8 Å². The summed E-state index contributed by atoms with van der Waals surface area (Å²) in [4.78, 5) is 17.3. The Morgan fingerprint density at radius 1 is 1.36 bits per heavy atom. The average molecular weight is 362 g/mol. The van der Waals surface area contributed by atoms with Crippen molar-refractivity contribution >= 4 is 6.09 Å². The molecule has 1 unspecified atom stereocenters. The number of nitrogens with zero attached hydrogens (tertiary/aromatic N) is 3. The highest BCUT2D eigenvalue weighted by Crippen LogP contribution is 2.55. The number of alkyl halides is 3. The van der Waals surface area contributed by atoms with E-state index in [1.165, 1.54) is 0 Å². The fourth-order valence-electron chi connectivity index (χ4n) is 3.40. The molecule has 3 rings (SSSR count). The van der Waals surface area contributed by atoms with Crippen LogP contribution >= 0.6 is 0 Å². The second-order valence-electron chi connectivity index (χ2n) is 7.96. The van der Waals surface area contributed by atoms with E-state index in [-0.39, 0.29) is 17.4 Å².